The van der Waals surface area contributed by atoms with Crippen molar-refractivity contribution in [2.24, 2.45) is 5.92 Å². The Morgan fingerprint density at radius 2 is 1.94 bits per heavy atom. The van der Waals surface area contributed by atoms with Crippen LogP contribution in [0.25, 0.3) is 0 Å². The van der Waals surface area contributed by atoms with Gasteiger partial charge in [-0.3, -0.25) is 9.59 Å². The lowest BCUT2D eigenvalue weighted by molar-refractivity contribution is 0.0632. The molecule has 2 aliphatic rings. The summed E-state index contributed by atoms with van der Waals surface area (Å²) in [7, 11) is 1.63. The zero-order valence-corrected chi connectivity index (χ0v) is 18.2. The number of nitrogens with zero attached hydrogens (tertiary/aromatic N) is 1. The molecular weight excluding hydrogens is 392 g/mol. The van der Waals surface area contributed by atoms with Crippen LogP contribution in [-0.2, 0) is 0 Å². The number of methoxy groups -OCH3 is 1. The topological polar surface area (TPSA) is 67.9 Å². The second-order valence-electron chi connectivity index (χ2n) is 8.53. The molecule has 0 bridgehead atoms. The van der Waals surface area contributed by atoms with E-state index in [-0.39, 0.29) is 17.7 Å². The van der Waals surface area contributed by atoms with Gasteiger partial charge in [0.2, 0.25) is 0 Å². The van der Waals surface area contributed by atoms with Gasteiger partial charge in [0, 0.05) is 36.2 Å². The smallest absolute Gasteiger partial charge is 0.254 e. The molecule has 0 aromatic heterocycles. The third-order valence-electron chi connectivity index (χ3n) is 5.96. The number of nitrogens with one attached hydrogen (secondary N) is 1. The minimum atomic E-state index is -0.0442. The highest BCUT2D eigenvalue weighted by molar-refractivity contribution is 5.96. The molecule has 1 aliphatic heterocycles. The Hall–Kier alpha value is -3.02. The molecule has 164 valence electrons. The molecule has 6 heteroatoms. The maximum atomic E-state index is 13.1. The number of carbonyl (C=O) groups excluding carboxylic acids is 2. The molecule has 0 unspecified atom stereocenters. The Kier molecular flexibility index (Phi) is 6.44. The zero-order valence-electron chi connectivity index (χ0n) is 18.2. The highest BCUT2D eigenvalue weighted by Gasteiger charge is 2.26. The predicted octanol–water partition coefficient (Wildman–Crippen LogP) is 3.83. The molecule has 1 heterocycles. The molecule has 2 aromatic rings. The largest absolute Gasteiger partial charge is 0.497 e. The van der Waals surface area contributed by atoms with E-state index in [1.54, 1.807) is 13.2 Å². The van der Waals surface area contributed by atoms with Crippen molar-refractivity contribution in [3.05, 3.63) is 59.2 Å². The number of hydrogen-bond acceptors (Lipinski definition) is 4. The van der Waals surface area contributed by atoms with E-state index in [9.17, 15) is 9.59 Å². The lowest BCUT2D eigenvalue weighted by Gasteiger charge is -2.33. The first kappa shape index (κ1) is 21.2. The van der Waals surface area contributed by atoms with Gasteiger partial charge < -0.3 is 19.7 Å². The van der Waals surface area contributed by atoms with Gasteiger partial charge in [-0.1, -0.05) is 6.07 Å². The second kappa shape index (κ2) is 9.41. The van der Waals surface area contributed by atoms with Crippen molar-refractivity contribution in [1.82, 2.24) is 10.2 Å². The average Bonchev–Trinajstić information content (AvgIpc) is 3.61. The summed E-state index contributed by atoms with van der Waals surface area (Å²) in [4.78, 5) is 27.2. The van der Waals surface area contributed by atoms with Crippen LogP contribution < -0.4 is 14.8 Å². The lowest BCUT2D eigenvalue weighted by atomic mass is 9.97. The monoisotopic (exact) mass is 422 g/mol. The third-order valence-corrected chi connectivity index (χ3v) is 5.96. The van der Waals surface area contributed by atoms with Crippen LogP contribution in [0.4, 0.5) is 0 Å². The van der Waals surface area contributed by atoms with Gasteiger partial charge in [0.1, 0.15) is 11.5 Å². The Morgan fingerprint density at radius 1 is 1.10 bits per heavy atom. The molecular formula is C25H30N2O4. The number of carbonyl (C=O) groups is 2. The van der Waals surface area contributed by atoms with Crippen molar-refractivity contribution >= 4 is 11.8 Å². The molecule has 1 atom stereocenters. The SMILES string of the molecule is COc1ccc(C(=O)N2CCC[C@H](COc3cccc(C(=O)NC4CC4)c3)C2)c(C)c1. The molecule has 4 rings (SSSR count). The fourth-order valence-corrected chi connectivity index (χ4v) is 4.00. The summed E-state index contributed by atoms with van der Waals surface area (Å²) < 4.78 is 11.3. The van der Waals surface area contributed by atoms with Crippen LogP contribution in [0.15, 0.2) is 42.5 Å². The third kappa shape index (κ3) is 5.37. The first-order valence-electron chi connectivity index (χ1n) is 11.0. The number of benzene rings is 2. The first-order valence-corrected chi connectivity index (χ1v) is 11.0. The number of ether oxygens (including phenoxy) is 2. The van der Waals surface area contributed by atoms with Crippen molar-refractivity contribution in [2.45, 2.75) is 38.6 Å². The Morgan fingerprint density at radius 3 is 2.68 bits per heavy atom. The Bertz CT molecular complexity index is 954. The molecule has 2 fully saturated rings. The van der Waals surface area contributed by atoms with Gasteiger partial charge in [0.05, 0.1) is 13.7 Å². The molecule has 1 saturated heterocycles. The molecule has 2 amide bonds. The van der Waals surface area contributed by atoms with Gasteiger partial charge in [-0.15, -0.1) is 0 Å². The van der Waals surface area contributed by atoms with Gasteiger partial charge in [-0.2, -0.15) is 0 Å². The van der Waals surface area contributed by atoms with Crippen molar-refractivity contribution in [3.63, 3.8) is 0 Å². The number of rotatable bonds is 7. The standard InChI is InChI=1S/C25H30N2O4/c1-17-13-21(30-2)10-11-23(17)25(29)27-12-4-5-18(15-27)16-31-22-7-3-6-19(14-22)24(28)26-20-8-9-20/h3,6-7,10-11,13-14,18,20H,4-5,8-9,12,15-16H2,1-2H3,(H,26,28)/t18-/m0/s1. The van der Waals surface area contributed by atoms with E-state index in [1.165, 1.54) is 0 Å². The lowest BCUT2D eigenvalue weighted by Crippen LogP contribution is -2.41. The van der Waals surface area contributed by atoms with Crippen LogP contribution >= 0.6 is 0 Å². The van der Waals surface area contributed by atoms with Crippen LogP contribution in [0, 0.1) is 12.8 Å². The number of amides is 2. The average molecular weight is 423 g/mol. The summed E-state index contributed by atoms with van der Waals surface area (Å²) in [6, 6.07) is 13.2. The van der Waals surface area contributed by atoms with Crippen molar-refractivity contribution in [2.75, 3.05) is 26.8 Å². The molecule has 1 saturated carbocycles. The van der Waals surface area contributed by atoms with E-state index < -0.39 is 0 Å². The number of piperidine rings is 1. The van der Waals surface area contributed by atoms with Crippen LogP contribution in [-0.4, -0.2) is 49.6 Å². The second-order valence-corrected chi connectivity index (χ2v) is 8.53. The van der Waals surface area contributed by atoms with Crippen molar-refractivity contribution in [3.8, 4) is 11.5 Å². The maximum Gasteiger partial charge on any atom is 0.254 e. The molecule has 6 nitrogen and oxygen atoms in total. The van der Waals surface area contributed by atoms with Crippen LogP contribution in [0.5, 0.6) is 11.5 Å². The highest BCUT2D eigenvalue weighted by atomic mass is 16.5. The minimum Gasteiger partial charge on any atom is -0.497 e. The number of hydrogen-bond donors (Lipinski definition) is 1. The first-order chi connectivity index (χ1) is 15.0. The normalized spacial score (nSPS) is 18.4. The highest BCUT2D eigenvalue weighted by Crippen LogP contribution is 2.24. The molecule has 1 aliphatic carbocycles. The Balaban J connectivity index is 1.34. The van der Waals surface area contributed by atoms with Crippen LogP contribution in [0.2, 0.25) is 0 Å². The van der Waals surface area contributed by atoms with Gasteiger partial charge >= 0.3 is 0 Å². The van der Waals surface area contributed by atoms with Crippen LogP contribution in [0.1, 0.15) is 52.0 Å². The predicted molar refractivity (Wildman–Crippen MR) is 119 cm³/mol. The summed E-state index contributed by atoms with van der Waals surface area (Å²) in [6.07, 6.45) is 4.11. The van der Waals surface area contributed by atoms with E-state index in [1.807, 2.05) is 48.2 Å². The van der Waals surface area contributed by atoms with Crippen LogP contribution in [0.3, 0.4) is 0 Å². The fraction of sp³-hybridized carbons (Fsp3) is 0.440. The molecule has 31 heavy (non-hydrogen) atoms. The quantitative estimate of drug-likeness (QED) is 0.736. The molecule has 2 aromatic carbocycles. The van der Waals surface area contributed by atoms with E-state index in [4.69, 9.17) is 9.47 Å². The zero-order chi connectivity index (χ0) is 21.8. The van der Waals surface area contributed by atoms with E-state index in [2.05, 4.69) is 5.32 Å². The summed E-state index contributed by atoms with van der Waals surface area (Å²) in [6.45, 7) is 3.90. The number of aryl methyl sites for hydroxylation is 1. The van der Waals surface area contributed by atoms with Gasteiger partial charge in [-0.05, 0) is 74.6 Å². The molecule has 1 N–H and O–H groups in total. The summed E-state index contributed by atoms with van der Waals surface area (Å²) in [5.41, 5.74) is 2.26. The minimum absolute atomic E-state index is 0.0442. The molecule has 0 spiro atoms. The summed E-state index contributed by atoms with van der Waals surface area (Å²) >= 11 is 0. The maximum absolute atomic E-state index is 13.1. The van der Waals surface area contributed by atoms with E-state index >= 15 is 0 Å². The van der Waals surface area contributed by atoms with Gasteiger partial charge in [-0.25, -0.2) is 0 Å². The summed E-state index contributed by atoms with van der Waals surface area (Å²) in [5, 5.41) is 3.00. The number of likely N-dealkylation sites (tertiary alicyclic amines) is 1. The molecule has 0 radical (unpaired) electrons. The summed E-state index contributed by atoms with van der Waals surface area (Å²) in [5.74, 6) is 1.73. The van der Waals surface area contributed by atoms with E-state index in [0.29, 0.717) is 30.5 Å². The fourth-order valence-electron chi connectivity index (χ4n) is 4.00. The van der Waals surface area contributed by atoms with Gasteiger partial charge in [0.25, 0.3) is 11.8 Å². The van der Waals surface area contributed by atoms with Crippen molar-refractivity contribution < 1.29 is 19.1 Å². The Labute approximate surface area is 183 Å². The van der Waals surface area contributed by atoms with Crippen molar-refractivity contribution in [1.29, 1.82) is 0 Å². The van der Waals surface area contributed by atoms with Gasteiger partial charge in [0.15, 0.2) is 0 Å². The van der Waals surface area contributed by atoms with E-state index in [0.717, 1.165) is 49.1 Å².